The van der Waals surface area contributed by atoms with Gasteiger partial charge in [-0.2, -0.15) is 0 Å². The molecule has 94 valence electrons. The lowest BCUT2D eigenvalue weighted by Gasteiger charge is -2.27. The molecule has 4 heteroatoms. The Morgan fingerprint density at radius 1 is 1.33 bits per heavy atom. The van der Waals surface area contributed by atoms with Crippen LogP contribution >= 0.6 is 0 Å². The van der Waals surface area contributed by atoms with Crippen LogP contribution in [0.15, 0.2) is 30.6 Å². The van der Waals surface area contributed by atoms with Crippen LogP contribution in [-0.4, -0.2) is 21.0 Å². The minimum atomic E-state index is 0.868. The lowest BCUT2D eigenvalue weighted by atomic mass is 10.1. The summed E-state index contributed by atoms with van der Waals surface area (Å²) in [7, 11) is 0. The minimum absolute atomic E-state index is 0.868. The number of aryl methyl sites for hydroxylation is 1. The number of imidazole rings is 1. The molecule has 0 atom stereocenters. The fraction of sp³-hybridized carbons (Fsp3) is 0.357. The first kappa shape index (κ1) is 11.3. The zero-order valence-corrected chi connectivity index (χ0v) is 10.6. The molecule has 0 bridgehead atoms. The summed E-state index contributed by atoms with van der Waals surface area (Å²) in [6, 6.07) is 6.29. The average molecular weight is 242 g/mol. The van der Waals surface area contributed by atoms with Crippen LogP contribution in [0.25, 0.3) is 0 Å². The summed E-state index contributed by atoms with van der Waals surface area (Å²) in [5.41, 5.74) is 9.19. The number of nitrogens with two attached hydrogens (primary N) is 1. The van der Waals surface area contributed by atoms with Gasteiger partial charge < -0.3 is 10.3 Å². The van der Waals surface area contributed by atoms with Crippen LogP contribution in [0.1, 0.15) is 17.0 Å². The van der Waals surface area contributed by atoms with Crippen LogP contribution in [0.3, 0.4) is 0 Å². The molecular weight excluding hydrogens is 224 g/mol. The Kier molecular flexibility index (Phi) is 2.80. The number of nitrogens with zero attached hydrogens (tertiary/aromatic N) is 3. The normalized spacial score (nSPS) is 15.6. The smallest absolute Gasteiger partial charge is 0.122 e. The summed E-state index contributed by atoms with van der Waals surface area (Å²) in [4.78, 5) is 6.81. The van der Waals surface area contributed by atoms with Gasteiger partial charge in [-0.15, -0.1) is 0 Å². The van der Waals surface area contributed by atoms with Gasteiger partial charge in [0.05, 0.1) is 6.54 Å². The summed E-state index contributed by atoms with van der Waals surface area (Å²) < 4.78 is 2.23. The van der Waals surface area contributed by atoms with Crippen molar-refractivity contribution in [2.45, 2.75) is 26.6 Å². The van der Waals surface area contributed by atoms with E-state index >= 15 is 0 Å². The Bertz CT molecular complexity index is 559. The van der Waals surface area contributed by atoms with Gasteiger partial charge in [0.2, 0.25) is 0 Å². The highest BCUT2D eigenvalue weighted by Gasteiger charge is 2.16. The number of rotatable bonds is 2. The molecule has 0 amide bonds. The molecule has 0 saturated carbocycles. The Morgan fingerprint density at radius 3 is 3.06 bits per heavy atom. The summed E-state index contributed by atoms with van der Waals surface area (Å²) in [6.45, 7) is 6.06. The summed E-state index contributed by atoms with van der Waals surface area (Å²) in [6.07, 6.45) is 3.94. The highest BCUT2D eigenvalue weighted by Crippen LogP contribution is 2.17. The molecule has 1 aromatic heterocycles. The van der Waals surface area contributed by atoms with Gasteiger partial charge in [-0.25, -0.2) is 4.98 Å². The van der Waals surface area contributed by atoms with Gasteiger partial charge in [0.15, 0.2) is 0 Å². The quantitative estimate of drug-likeness (QED) is 0.817. The predicted octanol–water partition coefficient (Wildman–Crippen LogP) is 1.79. The molecule has 0 unspecified atom stereocenters. The van der Waals surface area contributed by atoms with Gasteiger partial charge in [0, 0.05) is 37.7 Å². The summed E-state index contributed by atoms with van der Waals surface area (Å²) >= 11 is 0. The summed E-state index contributed by atoms with van der Waals surface area (Å²) in [5.74, 6) is 1.16. The first-order chi connectivity index (χ1) is 8.72. The molecule has 1 aliphatic heterocycles. The Hall–Kier alpha value is -1.81. The largest absolute Gasteiger partial charge is 0.399 e. The Balaban J connectivity index is 1.72. The van der Waals surface area contributed by atoms with Gasteiger partial charge >= 0.3 is 0 Å². The third-order valence-corrected chi connectivity index (χ3v) is 3.56. The van der Waals surface area contributed by atoms with E-state index in [4.69, 9.17) is 5.73 Å². The Labute approximate surface area is 107 Å². The molecule has 2 aromatic rings. The molecule has 0 spiro atoms. The number of nitrogen functional groups attached to an aromatic ring is 1. The van der Waals surface area contributed by atoms with Crippen LogP contribution in [0.2, 0.25) is 0 Å². The number of hydrogen-bond acceptors (Lipinski definition) is 3. The fourth-order valence-corrected chi connectivity index (χ4v) is 2.45. The van der Waals surface area contributed by atoms with Crippen molar-refractivity contribution in [2.75, 3.05) is 12.3 Å². The Morgan fingerprint density at radius 2 is 2.22 bits per heavy atom. The van der Waals surface area contributed by atoms with Gasteiger partial charge in [0.1, 0.15) is 5.82 Å². The van der Waals surface area contributed by atoms with E-state index in [1.165, 1.54) is 5.56 Å². The fourth-order valence-electron chi connectivity index (χ4n) is 2.45. The number of benzene rings is 1. The number of anilines is 1. The van der Waals surface area contributed by atoms with E-state index in [0.29, 0.717) is 0 Å². The van der Waals surface area contributed by atoms with Crippen LogP contribution < -0.4 is 5.73 Å². The zero-order valence-electron chi connectivity index (χ0n) is 10.6. The lowest BCUT2D eigenvalue weighted by Crippen LogP contribution is -2.33. The van der Waals surface area contributed by atoms with Gasteiger partial charge in [-0.05, 0) is 24.1 Å². The molecule has 1 aliphatic rings. The molecule has 0 radical (unpaired) electrons. The second-order valence-electron chi connectivity index (χ2n) is 4.94. The van der Waals surface area contributed by atoms with E-state index < -0.39 is 0 Å². The van der Waals surface area contributed by atoms with E-state index in [1.807, 2.05) is 12.3 Å². The summed E-state index contributed by atoms with van der Waals surface area (Å²) in [5, 5.41) is 0. The van der Waals surface area contributed by atoms with Crippen LogP contribution in [-0.2, 0) is 19.6 Å². The second-order valence-corrected chi connectivity index (χ2v) is 4.94. The third kappa shape index (κ3) is 2.11. The van der Waals surface area contributed by atoms with Crippen molar-refractivity contribution < 1.29 is 0 Å². The van der Waals surface area contributed by atoms with E-state index in [-0.39, 0.29) is 0 Å². The molecular formula is C14H18N4. The van der Waals surface area contributed by atoms with Crippen molar-refractivity contribution in [3.63, 3.8) is 0 Å². The van der Waals surface area contributed by atoms with E-state index in [9.17, 15) is 0 Å². The van der Waals surface area contributed by atoms with Gasteiger partial charge in [0.25, 0.3) is 0 Å². The molecule has 18 heavy (non-hydrogen) atoms. The maximum Gasteiger partial charge on any atom is 0.122 e. The SMILES string of the molecule is Cc1cc(CN2CCn3ccnc3C2)ccc1N. The van der Waals surface area contributed by atoms with E-state index in [0.717, 1.165) is 43.3 Å². The van der Waals surface area contributed by atoms with Crippen LogP contribution in [0.4, 0.5) is 5.69 Å². The molecule has 2 N–H and O–H groups in total. The molecule has 1 aromatic carbocycles. The number of fused-ring (bicyclic) bond motifs is 1. The monoisotopic (exact) mass is 242 g/mol. The molecule has 3 rings (SSSR count). The second kappa shape index (κ2) is 4.46. The number of hydrogen-bond donors (Lipinski definition) is 1. The minimum Gasteiger partial charge on any atom is -0.399 e. The van der Waals surface area contributed by atoms with Crippen molar-refractivity contribution >= 4 is 5.69 Å². The molecule has 0 aliphatic carbocycles. The topological polar surface area (TPSA) is 47.1 Å². The third-order valence-electron chi connectivity index (χ3n) is 3.56. The van der Waals surface area contributed by atoms with Gasteiger partial charge in [-0.1, -0.05) is 12.1 Å². The first-order valence-electron chi connectivity index (χ1n) is 6.30. The maximum absolute atomic E-state index is 5.84. The predicted molar refractivity (Wildman–Crippen MR) is 71.9 cm³/mol. The van der Waals surface area contributed by atoms with Crippen molar-refractivity contribution in [3.8, 4) is 0 Å². The molecule has 2 heterocycles. The van der Waals surface area contributed by atoms with E-state index in [2.05, 4.69) is 39.7 Å². The average Bonchev–Trinajstić information content (AvgIpc) is 2.81. The molecule has 0 saturated heterocycles. The van der Waals surface area contributed by atoms with Crippen molar-refractivity contribution in [1.29, 1.82) is 0 Å². The standard InChI is InChI=1S/C14H18N4/c1-11-8-12(2-3-13(11)15)9-17-6-7-18-5-4-16-14(18)10-17/h2-5,8H,6-7,9-10,15H2,1H3. The van der Waals surface area contributed by atoms with Gasteiger partial charge in [-0.3, -0.25) is 4.90 Å². The lowest BCUT2D eigenvalue weighted by molar-refractivity contribution is 0.209. The van der Waals surface area contributed by atoms with Crippen LogP contribution in [0.5, 0.6) is 0 Å². The number of aromatic nitrogens is 2. The highest BCUT2D eigenvalue weighted by atomic mass is 15.2. The molecule has 4 nitrogen and oxygen atoms in total. The molecule has 0 fully saturated rings. The zero-order chi connectivity index (χ0) is 12.5. The van der Waals surface area contributed by atoms with Crippen molar-refractivity contribution in [1.82, 2.24) is 14.5 Å². The highest BCUT2D eigenvalue weighted by molar-refractivity contribution is 5.47. The van der Waals surface area contributed by atoms with E-state index in [1.54, 1.807) is 0 Å². The van der Waals surface area contributed by atoms with Crippen molar-refractivity contribution in [2.24, 2.45) is 0 Å². The van der Waals surface area contributed by atoms with Crippen LogP contribution in [0, 0.1) is 6.92 Å². The first-order valence-corrected chi connectivity index (χ1v) is 6.30. The maximum atomic E-state index is 5.84. The van der Waals surface area contributed by atoms with Crippen molar-refractivity contribution in [3.05, 3.63) is 47.5 Å².